The predicted molar refractivity (Wildman–Crippen MR) is 101 cm³/mol. The third kappa shape index (κ3) is 11.6. The van der Waals surface area contributed by atoms with E-state index in [-0.39, 0.29) is 24.7 Å². The second kappa shape index (κ2) is 13.2. The lowest BCUT2D eigenvalue weighted by Gasteiger charge is -2.04. The first kappa shape index (κ1) is 25.0. The van der Waals surface area contributed by atoms with Gasteiger partial charge in [0, 0.05) is 0 Å². The third-order valence-electron chi connectivity index (χ3n) is 3.03. The van der Waals surface area contributed by atoms with E-state index in [2.05, 4.69) is 12.5 Å². The summed E-state index contributed by atoms with van der Waals surface area (Å²) < 4.78 is 58.3. The Morgan fingerprint density at radius 3 is 1.62 bits per heavy atom. The summed E-state index contributed by atoms with van der Waals surface area (Å²) >= 11 is 0. The molecule has 0 bridgehead atoms. The first-order chi connectivity index (χ1) is 12.2. The fraction of sp³-hybridized carbons (Fsp3) is 0.647. The van der Waals surface area contributed by atoms with Gasteiger partial charge in [-0.25, -0.2) is 8.37 Å². The van der Waals surface area contributed by atoms with Crippen molar-refractivity contribution in [1.82, 2.24) is 0 Å². The zero-order valence-electron chi connectivity index (χ0n) is 15.9. The molecule has 0 unspecified atom stereocenters. The van der Waals surface area contributed by atoms with Gasteiger partial charge in [-0.3, -0.25) is 4.18 Å². The molecule has 0 fully saturated rings. The van der Waals surface area contributed by atoms with Crippen molar-refractivity contribution in [3.63, 3.8) is 0 Å². The van der Waals surface area contributed by atoms with Crippen molar-refractivity contribution in [1.29, 1.82) is 0 Å². The monoisotopic (exact) mass is 410 g/mol. The summed E-state index contributed by atoms with van der Waals surface area (Å²) in [6.45, 7) is 8.07. The second-order valence-electron chi connectivity index (χ2n) is 5.43. The van der Waals surface area contributed by atoms with Crippen LogP contribution in [-0.2, 0) is 33.1 Å². The molecule has 152 valence electrons. The summed E-state index contributed by atoms with van der Waals surface area (Å²) in [7, 11) is -7.25. The molecule has 0 aliphatic heterocycles. The molecule has 7 nitrogen and oxygen atoms in total. The van der Waals surface area contributed by atoms with Gasteiger partial charge in [0.2, 0.25) is 0 Å². The normalized spacial score (nSPS) is 11.7. The van der Waals surface area contributed by atoms with Crippen LogP contribution in [0.15, 0.2) is 29.2 Å². The molecule has 0 amide bonds. The van der Waals surface area contributed by atoms with Crippen LogP contribution in [0.25, 0.3) is 0 Å². The van der Waals surface area contributed by atoms with Gasteiger partial charge < -0.3 is 0 Å². The molecule has 0 aromatic heterocycles. The molecule has 0 saturated carbocycles. The Morgan fingerprint density at radius 1 is 0.769 bits per heavy atom. The topological polar surface area (TPSA) is 96.0 Å². The highest BCUT2D eigenvalue weighted by molar-refractivity contribution is 7.86. The van der Waals surface area contributed by atoms with Crippen LogP contribution in [0, 0.1) is 6.92 Å². The van der Waals surface area contributed by atoms with Crippen LogP contribution in [0.5, 0.6) is 0 Å². The molecule has 0 aliphatic rings. The highest BCUT2D eigenvalue weighted by Crippen LogP contribution is 2.12. The van der Waals surface area contributed by atoms with Gasteiger partial charge in [-0.15, -0.1) is 0 Å². The average molecular weight is 411 g/mol. The van der Waals surface area contributed by atoms with Crippen molar-refractivity contribution in [2.24, 2.45) is 0 Å². The highest BCUT2D eigenvalue weighted by atomic mass is 32.3. The average Bonchev–Trinajstić information content (AvgIpc) is 2.56. The van der Waals surface area contributed by atoms with Gasteiger partial charge in [0.1, 0.15) is 0 Å². The summed E-state index contributed by atoms with van der Waals surface area (Å²) in [5.74, 6) is 0. The smallest absolute Gasteiger partial charge is 0.267 e. The van der Waals surface area contributed by atoms with E-state index in [1.807, 2.05) is 20.8 Å². The molecule has 9 heteroatoms. The Bertz CT molecular complexity index is 664. The van der Waals surface area contributed by atoms with Crippen LogP contribution in [0.1, 0.15) is 52.0 Å². The molecular weight excluding hydrogens is 380 g/mol. The predicted octanol–water partition coefficient (Wildman–Crippen LogP) is 3.58. The van der Waals surface area contributed by atoms with E-state index >= 15 is 0 Å². The summed E-state index contributed by atoms with van der Waals surface area (Å²) in [5.41, 5.74) is 1.02. The van der Waals surface area contributed by atoms with Gasteiger partial charge in [0.15, 0.2) is 0 Å². The minimum atomic E-state index is -3.73. The number of unbranched alkanes of at least 4 members (excludes halogenated alkanes) is 2. The largest absolute Gasteiger partial charge is 0.399 e. The lowest BCUT2D eigenvalue weighted by atomic mass is 10.2. The van der Waals surface area contributed by atoms with E-state index in [4.69, 9.17) is 0 Å². The Labute approximate surface area is 158 Å². The maximum atomic E-state index is 11.3. The van der Waals surface area contributed by atoms with Crippen LogP contribution in [0.2, 0.25) is 0 Å². The van der Waals surface area contributed by atoms with Crippen LogP contribution in [0.3, 0.4) is 0 Å². The second-order valence-corrected chi connectivity index (χ2v) is 8.34. The van der Waals surface area contributed by atoms with Crippen molar-refractivity contribution in [3.8, 4) is 0 Å². The highest BCUT2D eigenvalue weighted by Gasteiger charge is 2.12. The minimum Gasteiger partial charge on any atom is -0.267 e. The molecule has 0 heterocycles. The van der Waals surface area contributed by atoms with Crippen molar-refractivity contribution in [2.75, 3.05) is 19.8 Å². The third-order valence-corrected chi connectivity index (χ3v) is 5.34. The number of benzene rings is 1. The van der Waals surface area contributed by atoms with Crippen LogP contribution in [0.4, 0.5) is 0 Å². The molecule has 0 spiro atoms. The minimum absolute atomic E-state index is 0.163. The van der Waals surface area contributed by atoms with Crippen LogP contribution in [-0.4, -0.2) is 36.7 Å². The van der Waals surface area contributed by atoms with E-state index in [1.54, 1.807) is 31.2 Å². The van der Waals surface area contributed by atoms with E-state index in [9.17, 15) is 16.8 Å². The van der Waals surface area contributed by atoms with E-state index in [0.717, 1.165) is 31.2 Å². The molecular formula is C17H30O7S2. The molecule has 1 rings (SSSR count). The zero-order valence-corrected chi connectivity index (χ0v) is 17.6. The molecule has 1 aromatic carbocycles. The standard InChI is InChI=1S/C9H12O3S.C8H18O4S/c1-3-12-13(10,11)9-6-4-8(2)5-7-9;1-3-5-7-11-13(9,10)12-8-6-4-2/h4-7H,3H2,1-2H3;3-8H2,1-2H3. The summed E-state index contributed by atoms with van der Waals surface area (Å²) in [5, 5.41) is 0. The van der Waals surface area contributed by atoms with E-state index in [1.165, 1.54) is 0 Å². The number of hydrogen-bond acceptors (Lipinski definition) is 7. The summed E-state index contributed by atoms with van der Waals surface area (Å²) in [4.78, 5) is 0.208. The molecule has 1 aromatic rings. The molecule has 0 atom stereocenters. The molecule has 0 radical (unpaired) electrons. The van der Waals surface area contributed by atoms with Gasteiger partial charge >= 0.3 is 10.4 Å². The Balaban J connectivity index is 0.000000481. The number of aryl methyl sites for hydroxylation is 1. The van der Waals surface area contributed by atoms with Crippen molar-refractivity contribution in [2.45, 2.75) is 58.3 Å². The van der Waals surface area contributed by atoms with Gasteiger partial charge in [-0.2, -0.15) is 16.8 Å². The van der Waals surface area contributed by atoms with Gasteiger partial charge in [-0.05, 0) is 38.8 Å². The number of rotatable bonds is 11. The Morgan fingerprint density at radius 2 is 1.23 bits per heavy atom. The summed E-state index contributed by atoms with van der Waals surface area (Å²) in [6, 6.07) is 6.57. The molecule has 0 aliphatic carbocycles. The van der Waals surface area contributed by atoms with Gasteiger partial charge in [0.05, 0.1) is 24.7 Å². The zero-order chi connectivity index (χ0) is 20.1. The number of hydrogen-bond donors (Lipinski definition) is 0. The summed E-state index contributed by atoms with van der Waals surface area (Å²) in [6.07, 6.45) is 3.28. The van der Waals surface area contributed by atoms with Gasteiger partial charge in [-0.1, -0.05) is 44.4 Å². The molecule has 26 heavy (non-hydrogen) atoms. The maximum absolute atomic E-state index is 11.3. The van der Waals surface area contributed by atoms with Crippen LogP contribution < -0.4 is 0 Å². The quantitative estimate of drug-likeness (QED) is 0.406. The van der Waals surface area contributed by atoms with Crippen molar-refractivity contribution >= 4 is 20.5 Å². The van der Waals surface area contributed by atoms with Crippen molar-refractivity contribution < 1.29 is 29.4 Å². The van der Waals surface area contributed by atoms with Gasteiger partial charge in [0.25, 0.3) is 10.1 Å². The Hall–Kier alpha value is -1.00. The lowest BCUT2D eigenvalue weighted by molar-refractivity contribution is 0.210. The first-order valence-corrected chi connectivity index (χ1v) is 11.4. The van der Waals surface area contributed by atoms with E-state index in [0.29, 0.717) is 0 Å². The molecule has 0 saturated heterocycles. The fourth-order valence-corrected chi connectivity index (χ4v) is 3.20. The fourth-order valence-electron chi connectivity index (χ4n) is 1.57. The molecule has 0 N–H and O–H groups in total. The van der Waals surface area contributed by atoms with Crippen molar-refractivity contribution in [3.05, 3.63) is 29.8 Å². The lowest BCUT2D eigenvalue weighted by Crippen LogP contribution is -2.11. The first-order valence-electron chi connectivity index (χ1n) is 8.68. The SMILES string of the molecule is CCCCOS(=O)(=O)OCCCC.CCOS(=O)(=O)c1ccc(C)cc1. The van der Waals surface area contributed by atoms with E-state index < -0.39 is 20.5 Å². The van der Waals surface area contributed by atoms with Crippen LogP contribution >= 0.6 is 0 Å². The maximum Gasteiger partial charge on any atom is 0.399 e. The Kier molecular flexibility index (Phi) is 12.7.